The number of pyridine rings is 1. The topological polar surface area (TPSA) is 81.9 Å². The molecule has 1 amide bonds. The molecule has 35 heavy (non-hydrogen) atoms. The molecule has 0 aliphatic rings. The number of carbonyl (C=O) groups excluding carboxylic acids is 1. The van der Waals surface area contributed by atoms with Crippen molar-refractivity contribution in [3.05, 3.63) is 76.2 Å². The SMILES string of the molecule is [2H][C@@](C)(NC(=O)[C@@H](C)F)c1cc(F)cc(Cl)c1COc1cccc2c(-n3ncnc3C)cc(C)nc12. The Morgan fingerprint density at radius 1 is 1.29 bits per heavy atom. The summed E-state index contributed by atoms with van der Waals surface area (Å²) >= 11 is 6.34. The van der Waals surface area contributed by atoms with Crippen molar-refractivity contribution in [2.75, 3.05) is 0 Å². The van der Waals surface area contributed by atoms with Gasteiger partial charge in [0.2, 0.25) is 0 Å². The van der Waals surface area contributed by atoms with Crippen molar-refractivity contribution in [3.8, 4) is 11.4 Å². The Morgan fingerprint density at radius 2 is 2.06 bits per heavy atom. The van der Waals surface area contributed by atoms with E-state index >= 15 is 0 Å². The number of benzene rings is 2. The highest BCUT2D eigenvalue weighted by Crippen LogP contribution is 2.32. The summed E-state index contributed by atoms with van der Waals surface area (Å²) in [5.74, 6) is -0.565. The van der Waals surface area contributed by atoms with Gasteiger partial charge in [0.25, 0.3) is 5.91 Å². The van der Waals surface area contributed by atoms with Crippen LogP contribution in [0.3, 0.4) is 0 Å². The molecule has 2 heterocycles. The maximum Gasteiger partial charge on any atom is 0.254 e. The van der Waals surface area contributed by atoms with E-state index in [1.807, 2.05) is 26.0 Å². The molecular formula is C25H24ClF2N5O2. The lowest BCUT2D eigenvalue weighted by Crippen LogP contribution is -2.33. The van der Waals surface area contributed by atoms with Gasteiger partial charge in [0.05, 0.1) is 18.1 Å². The molecule has 0 aliphatic heterocycles. The summed E-state index contributed by atoms with van der Waals surface area (Å²) in [7, 11) is 0. The summed E-state index contributed by atoms with van der Waals surface area (Å²) < 4.78 is 44.1. The van der Waals surface area contributed by atoms with Gasteiger partial charge in [-0.3, -0.25) is 4.79 Å². The average Bonchev–Trinajstić information content (AvgIpc) is 3.22. The van der Waals surface area contributed by atoms with Gasteiger partial charge < -0.3 is 10.1 Å². The minimum absolute atomic E-state index is 0.00864. The second-order valence-electron chi connectivity index (χ2n) is 8.09. The lowest BCUT2D eigenvalue weighted by atomic mass is 10.0. The Labute approximate surface area is 207 Å². The highest BCUT2D eigenvalue weighted by molar-refractivity contribution is 6.31. The third-order valence-electron chi connectivity index (χ3n) is 5.46. The van der Waals surface area contributed by atoms with E-state index in [0.717, 1.165) is 35.8 Å². The van der Waals surface area contributed by atoms with Gasteiger partial charge in [0.1, 0.15) is 35.8 Å². The number of fused-ring (bicyclic) bond motifs is 1. The number of nitrogens with zero attached hydrogens (tertiary/aromatic N) is 4. The maximum atomic E-state index is 14.2. The normalized spacial score (nSPS) is 14.3. The van der Waals surface area contributed by atoms with Crippen molar-refractivity contribution in [2.45, 2.75) is 46.5 Å². The Morgan fingerprint density at radius 3 is 2.74 bits per heavy atom. The second kappa shape index (κ2) is 9.95. The lowest BCUT2D eigenvalue weighted by molar-refractivity contribution is -0.126. The van der Waals surface area contributed by atoms with Crippen molar-refractivity contribution >= 4 is 28.4 Å². The standard InChI is InChI=1S/C25H24ClF2N5O2/c1-13-8-22(33-16(4)29-12-30-33)18-6-5-7-23(24(18)31-13)35-11-20-19(9-17(28)10-21(20)26)15(3)32-25(34)14(2)27/h5-10,12,14-15H,11H2,1-4H3,(H,32,34)/t14-,15+/m1/s1/i15D. The molecule has 4 rings (SSSR count). The molecule has 182 valence electrons. The lowest BCUT2D eigenvalue weighted by Gasteiger charge is -2.20. The molecule has 0 aliphatic carbocycles. The number of hydrogen-bond acceptors (Lipinski definition) is 5. The molecule has 10 heteroatoms. The van der Waals surface area contributed by atoms with Crippen LogP contribution in [0.1, 0.15) is 43.9 Å². The molecule has 2 atom stereocenters. The minimum Gasteiger partial charge on any atom is -0.487 e. The third kappa shape index (κ3) is 5.09. The number of rotatable bonds is 7. The number of amides is 1. The van der Waals surface area contributed by atoms with Gasteiger partial charge in [-0.15, -0.1) is 0 Å². The number of para-hydroxylation sites is 1. The molecule has 0 unspecified atom stereocenters. The van der Waals surface area contributed by atoms with Crippen LogP contribution in [0.15, 0.2) is 42.7 Å². The van der Waals surface area contributed by atoms with E-state index in [2.05, 4.69) is 20.4 Å². The summed E-state index contributed by atoms with van der Waals surface area (Å²) in [6, 6.07) is 7.62. The Hall–Kier alpha value is -3.59. The highest BCUT2D eigenvalue weighted by Gasteiger charge is 2.21. The number of aromatic nitrogens is 4. The first-order valence-corrected chi connectivity index (χ1v) is 11.2. The second-order valence-corrected chi connectivity index (χ2v) is 8.49. The van der Waals surface area contributed by atoms with E-state index in [-0.39, 0.29) is 22.8 Å². The Balaban J connectivity index is 1.74. The number of alkyl halides is 1. The number of hydrogen-bond donors (Lipinski definition) is 1. The summed E-state index contributed by atoms with van der Waals surface area (Å²) in [5.41, 5.74) is 2.39. The summed E-state index contributed by atoms with van der Waals surface area (Å²) in [6.45, 7) is 5.90. The first kappa shape index (κ1) is 23.2. The highest BCUT2D eigenvalue weighted by atomic mass is 35.5. The van der Waals surface area contributed by atoms with Gasteiger partial charge in [-0.1, -0.05) is 23.7 Å². The van der Waals surface area contributed by atoms with Crippen LogP contribution in [-0.2, 0) is 11.4 Å². The van der Waals surface area contributed by atoms with Crippen LogP contribution in [0.2, 0.25) is 5.02 Å². The smallest absolute Gasteiger partial charge is 0.254 e. The van der Waals surface area contributed by atoms with Crippen LogP contribution in [0.25, 0.3) is 16.6 Å². The van der Waals surface area contributed by atoms with Crippen LogP contribution in [0.4, 0.5) is 8.78 Å². The molecule has 0 fully saturated rings. The molecular weight excluding hydrogens is 476 g/mol. The van der Waals surface area contributed by atoms with E-state index in [1.54, 1.807) is 16.8 Å². The summed E-state index contributed by atoms with van der Waals surface area (Å²) in [4.78, 5) is 20.8. The van der Waals surface area contributed by atoms with Gasteiger partial charge in [-0.2, -0.15) is 5.10 Å². The van der Waals surface area contributed by atoms with Crippen LogP contribution < -0.4 is 10.1 Å². The Bertz CT molecular complexity index is 1460. The number of carbonyl (C=O) groups is 1. The number of nitrogens with one attached hydrogen (secondary N) is 1. The molecule has 4 aromatic rings. The number of halogens is 3. The van der Waals surface area contributed by atoms with Crippen LogP contribution in [-0.4, -0.2) is 31.8 Å². The largest absolute Gasteiger partial charge is 0.487 e. The average molecular weight is 501 g/mol. The van der Waals surface area contributed by atoms with E-state index in [1.165, 1.54) is 13.3 Å². The molecule has 2 aromatic carbocycles. The third-order valence-corrected chi connectivity index (χ3v) is 5.80. The van der Waals surface area contributed by atoms with Crippen molar-refractivity contribution in [1.82, 2.24) is 25.1 Å². The zero-order valence-corrected chi connectivity index (χ0v) is 20.3. The van der Waals surface area contributed by atoms with Gasteiger partial charge >= 0.3 is 0 Å². The molecule has 0 bridgehead atoms. The quantitative estimate of drug-likeness (QED) is 0.370. The van der Waals surface area contributed by atoms with Crippen LogP contribution in [0.5, 0.6) is 5.75 Å². The fourth-order valence-corrected chi connectivity index (χ4v) is 4.00. The Kier molecular flexibility index (Phi) is 6.59. The zero-order valence-electron chi connectivity index (χ0n) is 20.6. The van der Waals surface area contributed by atoms with Gasteiger partial charge in [-0.25, -0.2) is 23.4 Å². The molecule has 0 saturated heterocycles. The number of aryl methyl sites for hydroxylation is 2. The summed E-state index contributed by atoms with van der Waals surface area (Å²) in [5, 5.41) is 7.35. The van der Waals surface area contributed by atoms with Crippen molar-refractivity contribution < 1.29 is 19.7 Å². The van der Waals surface area contributed by atoms with Crippen molar-refractivity contribution in [3.63, 3.8) is 0 Å². The summed E-state index contributed by atoms with van der Waals surface area (Å²) in [6.07, 6.45) is -0.374. The fraction of sp³-hybridized carbons (Fsp3) is 0.280. The van der Waals surface area contributed by atoms with Crippen molar-refractivity contribution in [1.29, 1.82) is 0 Å². The van der Waals surface area contributed by atoms with E-state index in [4.69, 9.17) is 17.7 Å². The van der Waals surface area contributed by atoms with Crippen LogP contribution >= 0.6 is 11.6 Å². The van der Waals surface area contributed by atoms with Gasteiger partial charge in [0.15, 0.2) is 6.17 Å². The molecule has 2 aromatic heterocycles. The number of ether oxygens (including phenoxy) is 1. The van der Waals surface area contributed by atoms with Crippen LogP contribution in [0, 0.1) is 19.7 Å². The molecule has 0 spiro atoms. The molecule has 1 N–H and O–H groups in total. The maximum absolute atomic E-state index is 14.2. The minimum atomic E-state index is -1.87. The predicted molar refractivity (Wildman–Crippen MR) is 129 cm³/mol. The first-order chi connectivity index (χ1) is 17.0. The predicted octanol–water partition coefficient (Wildman–Crippen LogP) is 5.34. The van der Waals surface area contributed by atoms with E-state index < -0.39 is 23.9 Å². The van der Waals surface area contributed by atoms with Gasteiger partial charge in [0, 0.05) is 16.6 Å². The molecule has 0 saturated carbocycles. The molecule has 7 nitrogen and oxygen atoms in total. The molecule has 0 radical (unpaired) electrons. The van der Waals surface area contributed by atoms with E-state index in [0.29, 0.717) is 17.1 Å². The van der Waals surface area contributed by atoms with Crippen molar-refractivity contribution in [2.24, 2.45) is 0 Å². The van der Waals surface area contributed by atoms with Gasteiger partial charge in [-0.05, 0) is 57.5 Å². The van der Waals surface area contributed by atoms with E-state index in [9.17, 15) is 13.6 Å². The first-order valence-electron chi connectivity index (χ1n) is 11.3. The monoisotopic (exact) mass is 500 g/mol. The zero-order chi connectivity index (χ0) is 26.2. The fourth-order valence-electron chi connectivity index (χ4n) is 3.74.